The Kier molecular flexibility index (Phi) is 8.64. The molecule has 0 spiro atoms. The number of hydrogen-bond acceptors (Lipinski definition) is 5. The summed E-state index contributed by atoms with van der Waals surface area (Å²) < 4.78 is 27.2. The van der Waals surface area contributed by atoms with Crippen molar-refractivity contribution in [1.82, 2.24) is 14.3 Å². The van der Waals surface area contributed by atoms with Crippen molar-refractivity contribution >= 4 is 5.97 Å². The normalized spacial score (nSPS) is 11.4. The Hall–Kier alpha value is -4.20. The third-order valence-corrected chi connectivity index (χ3v) is 6.55. The van der Waals surface area contributed by atoms with Crippen molar-refractivity contribution in [2.75, 3.05) is 7.11 Å². The minimum absolute atomic E-state index is 0.190. The molecule has 1 heterocycles. The van der Waals surface area contributed by atoms with E-state index in [1.807, 2.05) is 55.5 Å². The summed E-state index contributed by atoms with van der Waals surface area (Å²) in [6, 6.07) is 21.8. The number of aromatic nitrogens is 3. The van der Waals surface area contributed by atoms with Crippen LogP contribution >= 0.6 is 0 Å². The van der Waals surface area contributed by atoms with Crippen molar-refractivity contribution in [1.29, 1.82) is 0 Å². The molecule has 7 nitrogen and oxygen atoms in total. The molecule has 0 fully saturated rings. The number of esters is 1. The molecule has 3 aromatic carbocycles. The zero-order chi connectivity index (χ0) is 28.0. The van der Waals surface area contributed by atoms with Gasteiger partial charge in [-0.25, -0.2) is 18.7 Å². The van der Waals surface area contributed by atoms with Crippen LogP contribution < -0.4 is 10.4 Å². The number of nitrogens with zero attached hydrogens (tertiary/aromatic N) is 3. The van der Waals surface area contributed by atoms with E-state index in [4.69, 9.17) is 9.47 Å². The molecule has 0 N–H and O–H groups in total. The highest BCUT2D eigenvalue weighted by Gasteiger charge is 2.31. The molecule has 1 aromatic heterocycles. The molecular formula is C31H34FN3O4. The van der Waals surface area contributed by atoms with Crippen LogP contribution in [0.1, 0.15) is 48.3 Å². The Labute approximate surface area is 227 Å². The first kappa shape index (κ1) is 27.8. The molecule has 0 saturated heterocycles. The van der Waals surface area contributed by atoms with E-state index in [9.17, 15) is 14.0 Å². The van der Waals surface area contributed by atoms with Gasteiger partial charge in [0.05, 0.1) is 20.2 Å². The van der Waals surface area contributed by atoms with Crippen molar-refractivity contribution in [3.8, 4) is 5.75 Å². The predicted molar refractivity (Wildman–Crippen MR) is 147 cm³/mol. The van der Waals surface area contributed by atoms with Crippen molar-refractivity contribution < 1.29 is 18.7 Å². The Morgan fingerprint density at radius 3 is 2.10 bits per heavy atom. The maximum Gasteiger partial charge on any atom is 0.349 e. The number of hydrogen-bond donors (Lipinski definition) is 0. The molecule has 4 rings (SSSR count). The van der Waals surface area contributed by atoms with Crippen LogP contribution in [-0.4, -0.2) is 33.0 Å². The predicted octanol–water partition coefficient (Wildman–Crippen LogP) is 5.09. The van der Waals surface area contributed by atoms with Crippen LogP contribution in [0.2, 0.25) is 0 Å². The smallest absolute Gasteiger partial charge is 0.349 e. The Bertz CT molecular complexity index is 1450. The van der Waals surface area contributed by atoms with E-state index < -0.39 is 11.6 Å². The molecule has 8 heteroatoms. The first-order valence-electron chi connectivity index (χ1n) is 13.0. The van der Waals surface area contributed by atoms with Gasteiger partial charge >= 0.3 is 11.7 Å². The zero-order valence-corrected chi connectivity index (χ0v) is 22.8. The number of benzene rings is 3. The van der Waals surface area contributed by atoms with E-state index in [-0.39, 0.29) is 11.5 Å². The fraction of sp³-hybridized carbons (Fsp3) is 0.323. The van der Waals surface area contributed by atoms with Gasteiger partial charge in [-0.2, -0.15) is 5.10 Å². The first-order chi connectivity index (χ1) is 18.6. The van der Waals surface area contributed by atoms with Gasteiger partial charge < -0.3 is 9.47 Å². The Balaban J connectivity index is 1.47. The minimum atomic E-state index is -1.08. The standard InChI is InChI=1S/C31H34FN3O4/c1-22-8-10-25(11-9-22)21-35-30(37)34(20-24-12-16-26(32)17-13-24)28(33-35)7-5-6-23-14-18-27(19-15-23)39-31(2,3)29(36)38-4/h8-19H,5-7,20-21H2,1-4H3. The Morgan fingerprint density at radius 2 is 1.46 bits per heavy atom. The highest BCUT2D eigenvalue weighted by molar-refractivity contribution is 5.78. The van der Waals surface area contributed by atoms with Crippen LogP contribution in [0.5, 0.6) is 5.75 Å². The second-order valence-electron chi connectivity index (χ2n) is 10.2. The monoisotopic (exact) mass is 531 g/mol. The summed E-state index contributed by atoms with van der Waals surface area (Å²) in [5.74, 6) is 0.514. The summed E-state index contributed by atoms with van der Waals surface area (Å²) in [7, 11) is 1.33. The zero-order valence-electron chi connectivity index (χ0n) is 22.8. The maximum atomic E-state index is 13.4. The van der Waals surface area contributed by atoms with Gasteiger partial charge in [-0.05, 0) is 74.6 Å². The number of methoxy groups -OCH3 is 1. The van der Waals surface area contributed by atoms with Gasteiger partial charge in [-0.15, -0.1) is 0 Å². The molecule has 4 aromatic rings. The van der Waals surface area contributed by atoms with E-state index in [2.05, 4.69) is 5.10 Å². The lowest BCUT2D eigenvalue weighted by Gasteiger charge is -2.23. The summed E-state index contributed by atoms with van der Waals surface area (Å²) in [6.45, 7) is 6.05. The molecule has 0 aliphatic carbocycles. The van der Waals surface area contributed by atoms with Crippen molar-refractivity contribution in [2.45, 2.75) is 58.7 Å². The topological polar surface area (TPSA) is 75.3 Å². The Morgan fingerprint density at radius 1 is 0.872 bits per heavy atom. The summed E-state index contributed by atoms with van der Waals surface area (Å²) in [6.07, 6.45) is 2.15. The molecular weight excluding hydrogens is 497 g/mol. The number of ether oxygens (including phenoxy) is 2. The molecule has 39 heavy (non-hydrogen) atoms. The lowest BCUT2D eigenvalue weighted by atomic mass is 10.1. The molecule has 0 saturated carbocycles. The largest absolute Gasteiger partial charge is 0.476 e. The summed E-state index contributed by atoms with van der Waals surface area (Å²) in [5.41, 5.74) is 2.82. The molecule has 204 valence electrons. The van der Waals surface area contributed by atoms with Crippen LogP contribution in [0, 0.1) is 12.7 Å². The number of carbonyl (C=O) groups is 1. The van der Waals surface area contributed by atoms with Crippen LogP contribution in [-0.2, 0) is 35.5 Å². The molecule has 0 unspecified atom stereocenters. The third kappa shape index (κ3) is 7.22. The van der Waals surface area contributed by atoms with Gasteiger partial charge in [0.15, 0.2) is 5.60 Å². The highest BCUT2D eigenvalue weighted by Crippen LogP contribution is 2.21. The molecule has 0 aliphatic rings. The number of aryl methyl sites for hydroxylation is 3. The van der Waals surface area contributed by atoms with Gasteiger partial charge in [0.2, 0.25) is 0 Å². The summed E-state index contributed by atoms with van der Waals surface area (Å²) in [4.78, 5) is 25.2. The molecule has 0 radical (unpaired) electrons. The summed E-state index contributed by atoms with van der Waals surface area (Å²) >= 11 is 0. The van der Waals surface area contributed by atoms with Crippen LogP contribution in [0.3, 0.4) is 0 Å². The lowest BCUT2D eigenvalue weighted by Crippen LogP contribution is -2.39. The van der Waals surface area contributed by atoms with Crippen molar-refractivity contribution in [2.24, 2.45) is 0 Å². The van der Waals surface area contributed by atoms with E-state index >= 15 is 0 Å². The fourth-order valence-corrected chi connectivity index (χ4v) is 4.33. The third-order valence-electron chi connectivity index (χ3n) is 6.55. The first-order valence-corrected chi connectivity index (χ1v) is 13.0. The average molecular weight is 532 g/mol. The van der Waals surface area contributed by atoms with Crippen molar-refractivity contribution in [3.05, 3.63) is 117 Å². The van der Waals surface area contributed by atoms with E-state index in [1.165, 1.54) is 23.9 Å². The summed E-state index contributed by atoms with van der Waals surface area (Å²) in [5, 5.41) is 4.68. The van der Waals surface area contributed by atoms with Crippen molar-refractivity contribution in [3.63, 3.8) is 0 Å². The highest BCUT2D eigenvalue weighted by atomic mass is 19.1. The van der Waals surface area contributed by atoms with E-state index in [0.717, 1.165) is 35.1 Å². The van der Waals surface area contributed by atoms with Crippen LogP contribution in [0.4, 0.5) is 4.39 Å². The molecule has 0 bridgehead atoms. The maximum absolute atomic E-state index is 13.4. The fourth-order valence-electron chi connectivity index (χ4n) is 4.33. The second kappa shape index (κ2) is 12.1. The van der Waals surface area contributed by atoms with Crippen LogP contribution in [0.15, 0.2) is 77.6 Å². The van der Waals surface area contributed by atoms with Gasteiger partial charge in [0.1, 0.15) is 17.4 Å². The minimum Gasteiger partial charge on any atom is -0.476 e. The SMILES string of the molecule is COC(=O)C(C)(C)Oc1ccc(CCCc2nn(Cc3ccc(C)cc3)c(=O)n2Cc2ccc(F)cc2)cc1. The average Bonchev–Trinajstić information content (AvgIpc) is 3.20. The lowest BCUT2D eigenvalue weighted by molar-refractivity contribution is -0.156. The number of carbonyl (C=O) groups excluding carboxylic acids is 1. The van der Waals surface area contributed by atoms with Crippen LogP contribution in [0.25, 0.3) is 0 Å². The van der Waals surface area contributed by atoms with Gasteiger partial charge in [-0.1, -0.05) is 54.1 Å². The molecule has 0 aliphatic heterocycles. The van der Waals surface area contributed by atoms with Gasteiger partial charge in [-0.3, -0.25) is 4.57 Å². The van der Waals surface area contributed by atoms with E-state index in [0.29, 0.717) is 31.1 Å². The second-order valence-corrected chi connectivity index (χ2v) is 10.2. The molecule has 0 amide bonds. The van der Waals surface area contributed by atoms with E-state index in [1.54, 1.807) is 30.5 Å². The quantitative estimate of drug-likeness (QED) is 0.252. The number of halogens is 1. The molecule has 0 atom stereocenters. The number of rotatable bonds is 11. The van der Waals surface area contributed by atoms with Gasteiger partial charge in [0, 0.05) is 6.42 Å². The van der Waals surface area contributed by atoms with Gasteiger partial charge in [0.25, 0.3) is 0 Å².